The molecule has 0 aliphatic rings. The van der Waals surface area contributed by atoms with E-state index >= 15 is 0 Å². The predicted molar refractivity (Wildman–Crippen MR) is 12.9 cm³/mol. The van der Waals surface area contributed by atoms with Gasteiger partial charge in [0, 0.05) is 38.6 Å². The SMILES string of the molecule is O=[SH](=O)O.[Tb]. The monoisotopic (exact) mass is 241 g/mol. The minimum atomic E-state index is -3.12. The van der Waals surface area contributed by atoms with Gasteiger partial charge in [0.05, 0.1) is 0 Å². The molecule has 0 aromatic heterocycles. The molecular weight excluding hydrogens is 239 g/mol. The van der Waals surface area contributed by atoms with Gasteiger partial charge < -0.3 is 0 Å². The molecule has 0 aliphatic carbocycles. The van der Waals surface area contributed by atoms with Gasteiger partial charge >= 0.3 is 0 Å². The van der Waals surface area contributed by atoms with Crippen LogP contribution in [0.25, 0.3) is 0 Å². The number of thiol groups is 1. The maximum atomic E-state index is 8.59. The molecule has 0 saturated heterocycles. The molecule has 35 valence electrons. The molecule has 0 aliphatic heterocycles. The van der Waals surface area contributed by atoms with Gasteiger partial charge in [0.1, 0.15) is 0 Å². The number of rotatable bonds is 0. The van der Waals surface area contributed by atoms with Crippen LogP contribution in [0.2, 0.25) is 0 Å². The van der Waals surface area contributed by atoms with Gasteiger partial charge in [-0.3, -0.25) is 4.55 Å². The second-order valence-corrected chi connectivity index (χ2v) is 0.714. The second kappa shape index (κ2) is 5.20. The van der Waals surface area contributed by atoms with Crippen molar-refractivity contribution in [2.75, 3.05) is 0 Å². The first kappa shape index (κ1) is 9.50. The molecule has 1 radical (unpaired) electrons. The molecule has 5 heteroatoms. The largest absolute Gasteiger partial charge is 0.288 e. The molecule has 0 fully saturated rings. The maximum absolute atomic E-state index is 8.59. The molecule has 0 atom stereocenters. The fourth-order valence-electron chi connectivity index (χ4n) is 0. The fraction of sp³-hybridized carbons (Fsp3) is 0. The Morgan fingerprint density at radius 1 is 1.40 bits per heavy atom. The van der Waals surface area contributed by atoms with Crippen LogP contribution in [0.3, 0.4) is 0 Å². The number of hydrogen-bond acceptors (Lipinski definition) is 2. The van der Waals surface area contributed by atoms with Crippen molar-refractivity contribution in [2.24, 2.45) is 0 Å². The van der Waals surface area contributed by atoms with E-state index in [9.17, 15) is 0 Å². The molecular formula is H2O3STb. The van der Waals surface area contributed by atoms with Gasteiger partial charge in [-0.25, -0.2) is 8.42 Å². The molecule has 0 bridgehead atoms. The van der Waals surface area contributed by atoms with Crippen molar-refractivity contribution in [2.45, 2.75) is 0 Å². The van der Waals surface area contributed by atoms with E-state index in [1.54, 1.807) is 0 Å². The van der Waals surface area contributed by atoms with E-state index in [1.165, 1.54) is 0 Å². The minimum absolute atomic E-state index is 0. The van der Waals surface area contributed by atoms with E-state index in [-0.39, 0.29) is 38.6 Å². The van der Waals surface area contributed by atoms with E-state index in [2.05, 4.69) is 0 Å². The zero-order chi connectivity index (χ0) is 3.58. The maximum Gasteiger partial charge on any atom is 0.254 e. The average molecular weight is 241 g/mol. The van der Waals surface area contributed by atoms with Crippen molar-refractivity contribution >= 4 is 11.0 Å². The van der Waals surface area contributed by atoms with E-state index in [1.807, 2.05) is 0 Å². The summed E-state index contributed by atoms with van der Waals surface area (Å²) in [5.74, 6) is 0. The number of hydrogen-bond donors (Lipinski definition) is 2. The van der Waals surface area contributed by atoms with Crippen LogP contribution in [-0.4, -0.2) is 13.0 Å². The molecule has 0 saturated carbocycles. The molecule has 0 unspecified atom stereocenters. The van der Waals surface area contributed by atoms with Gasteiger partial charge in [-0.15, -0.1) is 0 Å². The van der Waals surface area contributed by atoms with Crippen molar-refractivity contribution in [3.05, 3.63) is 0 Å². The Balaban J connectivity index is 0. The fourth-order valence-corrected chi connectivity index (χ4v) is 0. The van der Waals surface area contributed by atoms with Crippen molar-refractivity contribution < 1.29 is 51.6 Å². The van der Waals surface area contributed by atoms with Gasteiger partial charge in [0.15, 0.2) is 0 Å². The summed E-state index contributed by atoms with van der Waals surface area (Å²) in [6.45, 7) is 0. The van der Waals surface area contributed by atoms with Crippen molar-refractivity contribution in [1.29, 1.82) is 0 Å². The summed E-state index contributed by atoms with van der Waals surface area (Å²) in [6.07, 6.45) is 0. The van der Waals surface area contributed by atoms with E-state index in [0.29, 0.717) is 0 Å². The Labute approximate surface area is 62.0 Å². The van der Waals surface area contributed by atoms with Crippen LogP contribution in [0.5, 0.6) is 0 Å². The summed E-state index contributed by atoms with van der Waals surface area (Å²) < 4.78 is 24.2. The van der Waals surface area contributed by atoms with Crippen LogP contribution < -0.4 is 0 Å². The van der Waals surface area contributed by atoms with Gasteiger partial charge in [0.2, 0.25) is 0 Å². The molecule has 0 amide bonds. The minimum Gasteiger partial charge on any atom is -0.288 e. The van der Waals surface area contributed by atoms with Crippen LogP contribution in [0.4, 0.5) is 0 Å². The Bertz CT molecular complexity index is 55.3. The Morgan fingerprint density at radius 3 is 1.40 bits per heavy atom. The zero-order valence-corrected chi connectivity index (χ0v) is 5.08. The summed E-state index contributed by atoms with van der Waals surface area (Å²) in [4.78, 5) is 0. The van der Waals surface area contributed by atoms with Crippen molar-refractivity contribution in [3.8, 4) is 0 Å². The molecule has 3 nitrogen and oxygen atoms in total. The second-order valence-electron chi connectivity index (χ2n) is 0.238. The summed E-state index contributed by atoms with van der Waals surface area (Å²) in [5, 5.41) is 0. The topological polar surface area (TPSA) is 54.4 Å². The summed E-state index contributed by atoms with van der Waals surface area (Å²) in [6, 6.07) is 0. The van der Waals surface area contributed by atoms with Crippen LogP contribution >= 0.6 is 0 Å². The average Bonchev–Trinajstić information content (AvgIpc) is 0.811. The third kappa shape index (κ3) is 37.1. The van der Waals surface area contributed by atoms with Crippen LogP contribution in [0.1, 0.15) is 0 Å². The van der Waals surface area contributed by atoms with Gasteiger partial charge in [0.25, 0.3) is 11.0 Å². The third-order valence-electron chi connectivity index (χ3n) is 0. The van der Waals surface area contributed by atoms with Crippen molar-refractivity contribution in [3.63, 3.8) is 0 Å². The standard InChI is InChI=1S/H2O3S.Tb/c1-4(2)3;/h4H,(H,1,2,3);. The van der Waals surface area contributed by atoms with E-state index < -0.39 is 11.0 Å². The van der Waals surface area contributed by atoms with Gasteiger partial charge in [-0.05, 0) is 0 Å². The molecule has 0 heterocycles. The normalized spacial score (nSPS) is 6.80. The first-order valence-electron chi connectivity index (χ1n) is 0.565. The Hall–Kier alpha value is 1.20. The quantitative estimate of drug-likeness (QED) is 0.425. The van der Waals surface area contributed by atoms with Crippen LogP contribution in [0.15, 0.2) is 0 Å². The molecule has 5 heavy (non-hydrogen) atoms. The van der Waals surface area contributed by atoms with Gasteiger partial charge in [-0.2, -0.15) is 0 Å². The molecule has 0 aromatic rings. The van der Waals surface area contributed by atoms with E-state index in [4.69, 9.17) is 13.0 Å². The predicted octanol–water partition coefficient (Wildman–Crippen LogP) is -0.929. The molecule has 1 N–H and O–H groups in total. The molecule has 0 aromatic carbocycles. The Morgan fingerprint density at radius 2 is 1.40 bits per heavy atom. The first-order valence-corrected chi connectivity index (χ1v) is 1.70. The Kier molecular flexibility index (Phi) is 9.87. The zero-order valence-electron chi connectivity index (χ0n) is 2.04. The van der Waals surface area contributed by atoms with Crippen molar-refractivity contribution in [1.82, 2.24) is 0 Å². The van der Waals surface area contributed by atoms with Gasteiger partial charge in [-0.1, -0.05) is 0 Å². The molecule has 0 rings (SSSR count). The first-order chi connectivity index (χ1) is 1.73. The summed E-state index contributed by atoms with van der Waals surface area (Å²) in [5.41, 5.74) is 0. The smallest absolute Gasteiger partial charge is 0.254 e. The summed E-state index contributed by atoms with van der Waals surface area (Å²) in [7, 11) is -3.12. The van der Waals surface area contributed by atoms with E-state index in [0.717, 1.165) is 0 Å². The summed E-state index contributed by atoms with van der Waals surface area (Å²) >= 11 is 0. The van der Waals surface area contributed by atoms with Crippen LogP contribution in [0, 0.1) is 38.6 Å². The third-order valence-corrected chi connectivity index (χ3v) is 0. The van der Waals surface area contributed by atoms with Crippen LogP contribution in [-0.2, 0) is 11.0 Å². The molecule has 0 spiro atoms.